The third-order valence-corrected chi connectivity index (χ3v) is 5.22. The van der Waals surface area contributed by atoms with Crippen molar-refractivity contribution in [2.75, 3.05) is 11.1 Å². The van der Waals surface area contributed by atoms with Crippen LogP contribution in [0.3, 0.4) is 0 Å². The molecule has 7 heteroatoms. The van der Waals surface area contributed by atoms with Gasteiger partial charge in [-0.25, -0.2) is 14.4 Å². The Balaban J connectivity index is 1.72. The zero-order chi connectivity index (χ0) is 20.5. The third kappa shape index (κ3) is 3.76. The van der Waals surface area contributed by atoms with Crippen molar-refractivity contribution in [3.63, 3.8) is 0 Å². The van der Waals surface area contributed by atoms with E-state index in [9.17, 15) is 9.50 Å². The first kappa shape index (κ1) is 18.9. The van der Waals surface area contributed by atoms with E-state index in [1.807, 2.05) is 0 Å². The minimum absolute atomic E-state index is 0.0288. The number of hydrogen-bond donors (Lipinski definition) is 4. The molecule has 1 heterocycles. The Hall–Kier alpha value is -3.48. The number of aromatic nitrogens is 2. The molecule has 0 spiro atoms. The number of nitrogens with one attached hydrogen (secondary N) is 2. The normalized spacial score (nSPS) is 15.6. The zero-order valence-corrected chi connectivity index (χ0v) is 16.0. The summed E-state index contributed by atoms with van der Waals surface area (Å²) in [5, 5.41) is 21.7. The summed E-state index contributed by atoms with van der Waals surface area (Å²) in [4.78, 5) is 8.33. The van der Waals surface area contributed by atoms with Gasteiger partial charge >= 0.3 is 0 Å². The van der Waals surface area contributed by atoms with Gasteiger partial charge in [-0.3, -0.25) is 5.41 Å². The van der Waals surface area contributed by atoms with Crippen LogP contribution in [-0.2, 0) is 6.42 Å². The molecule has 0 aliphatic heterocycles. The number of anilines is 2. The number of rotatable bonds is 4. The summed E-state index contributed by atoms with van der Waals surface area (Å²) < 4.78 is 13.7. The zero-order valence-electron chi connectivity index (χ0n) is 16.0. The highest BCUT2D eigenvalue weighted by Gasteiger charge is 2.24. The summed E-state index contributed by atoms with van der Waals surface area (Å²) in [6, 6.07) is 9.93. The number of nitrogens with two attached hydrogens (primary N) is 1. The van der Waals surface area contributed by atoms with E-state index in [0.717, 1.165) is 25.3 Å². The summed E-state index contributed by atoms with van der Waals surface area (Å²) in [7, 11) is 0. The van der Waals surface area contributed by atoms with Gasteiger partial charge in [0.05, 0.1) is 17.3 Å². The van der Waals surface area contributed by atoms with E-state index in [-0.39, 0.29) is 34.4 Å². The maximum atomic E-state index is 13.7. The van der Waals surface area contributed by atoms with Crippen molar-refractivity contribution < 1.29 is 9.50 Å². The average molecular weight is 391 g/mol. The number of hydrogen-bond acceptors (Lipinski definition) is 6. The number of aromatic hydroxyl groups is 1. The van der Waals surface area contributed by atoms with Gasteiger partial charge in [0, 0.05) is 11.6 Å². The van der Waals surface area contributed by atoms with E-state index < -0.39 is 5.82 Å². The lowest BCUT2D eigenvalue weighted by Gasteiger charge is -2.28. The summed E-state index contributed by atoms with van der Waals surface area (Å²) in [6.45, 7) is 2.08. The minimum atomic E-state index is -0.633. The second-order valence-electron chi connectivity index (χ2n) is 7.35. The Bertz CT molecular complexity index is 1080. The first-order chi connectivity index (χ1) is 13.9. The number of halogens is 1. The van der Waals surface area contributed by atoms with Crippen molar-refractivity contribution in [3.8, 4) is 5.75 Å². The van der Waals surface area contributed by atoms with Gasteiger partial charge in [-0.1, -0.05) is 23.8 Å². The van der Waals surface area contributed by atoms with Gasteiger partial charge in [0.15, 0.2) is 0 Å². The lowest BCUT2D eigenvalue weighted by Crippen LogP contribution is -2.21. The van der Waals surface area contributed by atoms with Crippen LogP contribution < -0.4 is 11.1 Å². The quantitative estimate of drug-likeness (QED) is 0.501. The van der Waals surface area contributed by atoms with Gasteiger partial charge in [0.25, 0.3) is 0 Å². The molecule has 3 aromatic rings. The van der Waals surface area contributed by atoms with E-state index in [4.69, 9.17) is 11.1 Å². The molecule has 0 fully saturated rings. The maximum Gasteiger partial charge on any atom is 0.141 e. The molecule has 29 heavy (non-hydrogen) atoms. The molecular formula is C22H22FN5O. The number of phenols is 1. The van der Waals surface area contributed by atoms with Gasteiger partial charge in [0.1, 0.15) is 29.5 Å². The first-order valence-corrected chi connectivity index (χ1v) is 9.47. The van der Waals surface area contributed by atoms with Crippen molar-refractivity contribution in [2.45, 2.75) is 32.2 Å². The summed E-state index contributed by atoms with van der Waals surface area (Å²) >= 11 is 0. The topological polar surface area (TPSA) is 108 Å². The number of fused-ring (bicyclic) bond motifs is 1. The lowest BCUT2D eigenvalue weighted by atomic mass is 9.86. The summed E-state index contributed by atoms with van der Waals surface area (Å²) in [5.74, 6) is -0.349. The molecule has 0 saturated carbocycles. The van der Waals surface area contributed by atoms with Gasteiger partial charge < -0.3 is 16.2 Å². The number of phenolic OH excluding ortho intramolecular Hbond substituents is 1. The molecule has 0 amide bonds. The fourth-order valence-corrected chi connectivity index (χ4v) is 3.88. The van der Waals surface area contributed by atoms with Crippen molar-refractivity contribution in [1.82, 2.24) is 9.97 Å². The molecule has 0 saturated heterocycles. The van der Waals surface area contributed by atoms with Crippen LogP contribution >= 0.6 is 0 Å². The van der Waals surface area contributed by atoms with Gasteiger partial charge in [-0.15, -0.1) is 0 Å². The number of nitrogens with zero attached hydrogens (tertiary/aromatic N) is 2. The first-order valence-electron chi connectivity index (χ1n) is 9.47. The Morgan fingerprint density at radius 2 is 2.07 bits per heavy atom. The Labute approximate surface area is 168 Å². The van der Waals surface area contributed by atoms with Crippen LogP contribution in [0.15, 0.2) is 42.7 Å². The Morgan fingerprint density at radius 3 is 2.86 bits per heavy atom. The smallest absolute Gasteiger partial charge is 0.141 e. The molecule has 0 radical (unpaired) electrons. The highest BCUT2D eigenvalue weighted by atomic mass is 19.1. The standard InChI is InChI=1S/C22H22FN5O/c1-12-5-6-17-13(7-12)3-2-4-18(17)28-22-19(21(25)26-11-27-22)20(24)14-8-15(23)10-16(29)9-14/h5-11,18,24,29H,2-4H2,1H3,(H3,25,26,27,28). The third-order valence-electron chi connectivity index (χ3n) is 5.22. The van der Waals surface area contributed by atoms with Crippen molar-refractivity contribution in [1.29, 1.82) is 5.41 Å². The fourth-order valence-electron chi connectivity index (χ4n) is 3.88. The minimum Gasteiger partial charge on any atom is -0.508 e. The van der Waals surface area contributed by atoms with Crippen molar-refractivity contribution in [3.05, 3.63) is 76.4 Å². The average Bonchev–Trinajstić information content (AvgIpc) is 2.67. The second kappa shape index (κ2) is 7.50. The number of benzene rings is 2. The predicted molar refractivity (Wildman–Crippen MR) is 111 cm³/mol. The fraction of sp³-hybridized carbons (Fsp3) is 0.227. The van der Waals surface area contributed by atoms with Crippen LogP contribution in [0.4, 0.5) is 16.0 Å². The van der Waals surface area contributed by atoms with Crippen LogP contribution in [0.5, 0.6) is 5.75 Å². The molecule has 5 N–H and O–H groups in total. The van der Waals surface area contributed by atoms with Gasteiger partial charge in [-0.05, 0) is 49.4 Å². The van der Waals surface area contributed by atoms with Crippen LogP contribution in [-0.4, -0.2) is 20.8 Å². The highest BCUT2D eigenvalue weighted by molar-refractivity contribution is 6.16. The number of aryl methyl sites for hydroxylation is 2. The molecule has 1 aromatic heterocycles. The molecule has 1 aliphatic rings. The molecule has 0 bridgehead atoms. The van der Waals surface area contributed by atoms with Crippen LogP contribution in [0.25, 0.3) is 0 Å². The summed E-state index contributed by atoms with van der Waals surface area (Å²) in [6.07, 6.45) is 4.34. The van der Waals surface area contributed by atoms with Gasteiger partial charge in [0.2, 0.25) is 0 Å². The van der Waals surface area contributed by atoms with E-state index >= 15 is 0 Å². The molecule has 1 aliphatic carbocycles. The van der Waals surface area contributed by atoms with Gasteiger partial charge in [-0.2, -0.15) is 0 Å². The van der Waals surface area contributed by atoms with E-state index in [2.05, 4.69) is 40.4 Å². The molecule has 1 unspecified atom stereocenters. The number of nitrogen functional groups attached to an aromatic ring is 1. The monoisotopic (exact) mass is 391 g/mol. The van der Waals surface area contributed by atoms with Crippen molar-refractivity contribution in [2.24, 2.45) is 0 Å². The molecule has 1 atom stereocenters. The molecule has 148 valence electrons. The molecule has 6 nitrogen and oxygen atoms in total. The Morgan fingerprint density at radius 1 is 1.24 bits per heavy atom. The van der Waals surface area contributed by atoms with E-state index in [0.29, 0.717) is 5.82 Å². The molecular weight excluding hydrogens is 369 g/mol. The van der Waals surface area contributed by atoms with Crippen molar-refractivity contribution >= 4 is 17.3 Å². The molecule has 2 aromatic carbocycles. The largest absolute Gasteiger partial charge is 0.508 e. The van der Waals surface area contributed by atoms with E-state index in [1.54, 1.807) is 0 Å². The second-order valence-corrected chi connectivity index (χ2v) is 7.35. The SMILES string of the molecule is Cc1ccc2c(c1)CCCC2Nc1ncnc(N)c1C(=N)c1cc(O)cc(F)c1. The summed E-state index contributed by atoms with van der Waals surface area (Å²) in [5.41, 5.74) is 10.2. The molecule has 4 rings (SSSR count). The predicted octanol–water partition coefficient (Wildman–Crippen LogP) is 4.12. The Kier molecular flexibility index (Phi) is 4.88. The van der Waals surface area contributed by atoms with Crippen LogP contribution in [0.2, 0.25) is 0 Å². The maximum absolute atomic E-state index is 13.7. The lowest BCUT2D eigenvalue weighted by molar-refractivity contribution is 0.469. The van der Waals surface area contributed by atoms with Crippen LogP contribution in [0, 0.1) is 18.2 Å². The van der Waals surface area contributed by atoms with Crippen LogP contribution in [0.1, 0.15) is 46.7 Å². The van der Waals surface area contributed by atoms with E-state index in [1.165, 1.54) is 35.2 Å². The highest BCUT2D eigenvalue weighted by Crippen LogP contribution is 2.34.